The van der Waals surface area contributed by atoms with Crippen LogP contribution in [0.15, 0.2) is 54.6 Å². The molecule has 2 aromatic rings. The lowest BCUT2D eigenvalue weighted by Crippen LogP contribution is -2.01. The zero-order chi connectivity index (χ0) is 13.5. The molecule has 1 unspecified atom stereocenters. The summed E-state index contributed by atoms with van der Waals surface area (Å²) >= 11 is 0. The van der Waals surface area contributed by atoms with Crippen molar-refractivity contribution in [1.82, 2.24) is 0 Å². The Balaban J connectivity index is 2.08. The molecule has 2 aromatic carbocycles. The minimum absolute atomic E-state index is 0.514. The molecule has 0 bridgehead atoms. The fourth-order valence-corrected chi connectivity index (χ4v) is 1.71. The number of nitriles is 1. The second-order valence-corrected chi connectivity index (χ2v) is 3.95. The molecule has 0 saturated carbocycles. The van der Waals surface area contributed by atoms with Gasteiger partial charge in [0.05, 0.1) is 6.07 Å². The maximum Gasteiger partial charge on any atom is 0.169 e. The highest BCUT2D eigenvalue weighted by Gasteiger charge is 2.09. The number of para-hydroxylation sites is 1. The number of hydrogen-bond acceptors (Lipinski definition) is 3. The fraction of sp³-hybridized carbons (Fsp3) is 0.188. The lowest BCUT2D eigenvalue weighted by molar-refractivity contribution is 0.102. The van der Waals surface area contributed by atoms with E-state index in [4.69, 9.17) is 14.7 Å². The monoisotopic (exact) mass is 253 g/mol. The van der Waals surface area contributed by atoms with Crippen molar-refractivity contribution in [1.29, 1.82) is 5.26 Å². The van der Waals surface area contributed by atoms with Crippen LogP contribution >= 0.6 is 0 Å². The first-order valence-electron chi connectivity index (χ1n) is 6.17. The molecular formula is C16H15NO2. The second-order valence-electron chi connectivity index (χ2n) is 3.95. The van der Waals surface area contributed by atoms with Crippen molar-refractivity contribution in [3.63, 3.8) is 0 Å². The summed E-state index contributed by atoms with van der Waals surface area (Å²) in [7, 11) is 0. The molecule has 0 N–H and O–H groups in total. The van der Waals surface area contributed by atoms with Crippen LogP contribution in [-0.4, -0.2) is 6.61 Å². The first kappa shape index (κ1) is 13.1. The zero-order valence-electron chi connectivity index (χ0n) is 10.7. The molecule has 0 aliphatic rings. The van der Waals surface area contributed by atoms with Crippen molar-refractivity contribution in [3.8, 4) is 17.6 Å². The molecule has 0 aromatic heterocycles. The van der Waals surface area contributed by atoms with Gasteiger partial charge in [0.25, 0.3) is 0 Å². The summed E-state index contributed by atoms with van der Waals surface area (Å²) in [5, 5.41) is 9.01. The van der Waals surface area contributed by atoms with Crippen LogP contribution in [0.5, 0.6) is 11.5 Å². The van der Waals surface area contributed by atoms with Crippen molar-refractivity contribution in [2.24, 2.45) is 0 Å². The molecule has 19 heavy (non-hydrogen) atoms. The molecule has 0 spiro atoms. The number of benzene rings is 2. The van der Waals surface area contributed by atoms with Crippen molar-refractivity contribution < 1.29 is 9.47 Å². The van der Waals surface area contributed by atoms with Gasteiger partial charge >= 0.3 is 0 Å². The van der Waals surface area contributed by atoms with Gasteiger partial charge in [-0.25, -0.2) is 0 Å². The Kier molecular flexibility index (Phi) is 4.54. The summed E-state index contributed by atoms with van der Waals surface area (Å²) in [5.74, 6) is 1.53. The van der Waals surface area contributed by atoms with E-state index in [1.54, 1.807) is 0 Å². The fourth-order valence-electron chi connectivity index (χ4n) is 1.71. The van der Waals surface area contributed by atoms with Gasteiger partial charge in [-0.3, -0.25) is 0 Å². The first-order chi connectivity index (χ1) is 9.33. The average Bonchev–Trinajstić information content (AvgIpc) is 2.47. The Bertz CT molecular complexity index is 543. The molecule has 96 valence electrons. The molecule has 0 heterocycles. The predicted octanol–water partition coefficient (Wildman–Crippen LogP) is 4.08. The van der Waals surface area contributed by atoms with Crippen molar-refractivity contribution in [3.05, 3.63) is 60.2 Å². The summed E-state index contributed by atoms with van der Waals surface area (Å²) in [6.07, 6.45) is -0.518. The van der Waals surface area contributed by atoms with E-state index in [0.717, 1.165) is 17.1 Å². The Hall–Kier alpha value is -2.31. The molecule has 3 heteroatoms. The van der Waals surface area contributed by atoms with Crippen LogP contribution in [0.4, 0.5) is 0 Å². The van der Waals surface area contributed by atoms with Gasteiger partial charge in [-0.2, -0.15) is 5.26 Å². The van der Waals surface area contributed by atoms with E-state index in [1.165, 1.54) is 0 Å². The van der Waals surface area contributed by atoms with Gasteiger partial charge in [-0.1, -0.05) is 30.3 Å². The van der Waals surface area contributed by atoms with Gasteiger partial charge in [0, 0.05) is 6.61 Å². The van der Waals surface area contributed by atoms with E-state index in [0.29, 0.717) is 6.61 Å². The lowest BCUT2D eigenvalue weighted by Gasteiger charge is -2.10. The standard InChI is InChI=1S/C16H15NO2/c1-2-18-16(12-17)13-8-10-15(11-9-13)19-14-6-4-3-5-7-14/h3-11,16H,2H2,1H3. The molecule has 3 nitrogen and oxygen atoms in total. The van der Waals surface area contributed by atoms with Crippen LogP contribution in [0.1, 0.15) is 18.6 Å². The maximum atomic E-state index is 9.01. The summed E-state index contributed by atoms with van der Waals surface area (Å²) in [5.41, 5.74) is 0.838. The highest BCUT2D eigenvalue weighted by Crippen LogP contribution is 2.24. The van der Waals surface area contributed by atoms with Crippen LogP contribution in [-0.2, 0) is 4.74 Å². The molecule has 0 radical (unpaired) electrons. The van der Waals surface area contributed by atoms with Gasteiger partial charge in [-0.05, 0) is 36.8 Å². The quantitative estimate of drug-likeness (QED) is 0.806. The molecule has 0 aliphatic heterocycles. The van der Waals surface area contributed by atoms with Crippen LogP contribution < -0.4 is 4.74 Å². The Labute approximate surface area is 113 Å². The molecule has 2 rings (SSSR count). The van der Waals surface area contributed by atoms with Crippen LogP contribution in [0.2, 0.25) is 0 Å². The topological polar surface area (TPSA) is 42.2 Å². The lowest BCUT2D eigenvalue weighted by atomic mass is 10.1. The molecular weight excluding hydrogens is 238 g/mol. The minimum Gasteiger partial charge on any atom is -0.457 e. The summed E-state index contributed by atoms with van der Waals surface area (Å²) in [6.45, 7) is 2.39. The van der Waals surface area contributed by atoms with Crippen molar-refractivity contribution in [2.75, 3.05) is 6.61 Å². The van der Waals surface area contributed by atoms with E-state index >= 15 is 0 Å². The van der Waals surface area contributed by atoms with Gasteiger partial charge < -0.3 is 9.47 Å². The van der Waals surface area contributed by atoms with E-state index in [-0.39, 0.29) is 0 Å². The normalized spacial score (nSPS) is 11.6. The highest BCUT2D eigenvalue weighted by molar-refractivity contribution is 5.34. The highest BCUT2D eigenvalue weighted by atomic mass is 16.5. The first-order valence-corrected chi connectivity index (χ1v) is 6.17. The zero-order valence-corrected chi connectivity index (χ0v) is 10.7. The van der Waals surface area contributed by atoms with E-state index in [2.05, 4.69) is 6.07 Å². The van der Waals surface area contributed by atoms with Gasteiger partial charge in [-0.15, -0.1) is 0 Å². The van der Waals surface area contributed by atoms with E-state index in [1.807, 2.05) is 61.5 Å². The van der Waals surface area contributed by atoms with Crippen molar-refractivity contribution >= 4 is 0 Å². The Morgan fingerprint density at radius 2 is 1.63 bits per heavy atom. The van der Waals surface area contributed by atoms with E-state index < -0.39 is 6.10 Å². The van der Waals surface area contributed by atoms with Crippen LogP contribution in [0.25, 0.3) is 0 Å². The summed E-state index contributed by atoms with van der Waals surface area (Å²) in [6, 6.07) is 19.1. The van der Waals surface area contributed by atoms with Gasteiger partial charge in [0.2, 0.25) is 0 Å². The molecule has 0 aliphatic carbocycles. The third-order valence-corrected chi connectivity index (χ3v) is 2.61. The number of rotatable bonds is 5. The number of hydrogen-bond donors (Lipinski definition) is 0. The second kappa shape index (κ2) is 6.58. The van der Waals surface area contributed by atoms with Crippen molar-refractivity contribution in [2.45, 2.75) is 13.0 Å². The smallest absolute Gasteiger partial charge is 0.169 e. The SMILES string of the molecule is CCOC(C#N)c1ccc(Oc2ccccc2)cc1. The summed E-state index contributed by atoms with van der Waals surface area (Å²) in [4.78, 5) is 0. The molecule has 0 amide bonds. The average molecular weight is 253 g/mol. The number of nitrogens with zero attached hydrogens (tertiary/aromatic N) is 1. The van der Waals surface area contributed by atoms with Crippen LogP contribution in [0.3, 0.4) is 0 Å². The third-order valence-electron chi connectivity index (χ3n) is 2.61. The van der Waals surface area contributed by atoms with E-state index in [9.17, 15) is 0 Å². The van der Waals surface area contributed by atoms with Gasteiger partial charge in [0.1, 0.15) is 11.5 Å². The largest absolute Gasteiger partial charge is 0.457 e. The molecule has 0 fully saturated rings. The maximum absolute atomic E-state index is 9.01. The minimum atomic E-state index is -0.518. The number of ether oxygens (including phenoxy) is 2. The predicted molar refractivity (Wildman–Crippen MR) is 72.9 cm³/mol. The van der Waals surface area contributed by atoms with Crippen LogP contribution in [0, 0.1) is 11.3 Å². The Morgan fingerprint density at radius 1 is 1.00 bits per heavy atom. The molecule has 0 saturated heterocycles. The van der Waals surface area contributed by atoms with Gasteiger partial charge in [0.15, 0.2) is 6.10 Å². The third kappa shape index (κ3) is 3.57. The Morgan fingerprint density at radius 3 is 2.21 bits per heavy atom. The summed E-state index contributed by atoms with van der Waals surface area (Å²) < 4.78 is 11.0. The molecule has 1 atom stereocenters.